The number of methoxy groups -OCH3 is 1. The normalized spacial score (nSPS) is 10.9. The predicted octanol–water partition coefficient (Wildman–Crippen LogP) is 2.22. The molecule has 0 atom stereocenters. The van der Waals surface area contributed by atoms with Crippen LogP contribution in [0.15, 0.2) is 63.2 Å². The molecule has 0 saturated heterocycles. The van der Waals surface area contributed by atoms with Crippen molar-refractivity contribution in [3.8, 4) is 17.3 Å². The molecule has 0 spiro atoms. The molecule has 36 heavy (non-hydrogen) atoms. The topological polar surface area (TPSA) is 173 Å². The summed E-state index contributed by atoms with van der Waals surface area (Å²) in [5.74, 6) is -0.0212. The average Bonchev–Trinajstić information content (AvgIpc) is 3.49. The molecule has 3 N–H and O–H groups in total. The SMILES string of the molecule is COc1cc(C=NNC(=O)c2nnn(-c3nonc3N)c2CSc2ccccc2)ccc1OC(C)=O. The number of hydrazone groups is 1. The monoisotopic (exact) mass is 508 g/mol. The Morgan fingerprint density at radius 3 is 2.69 bits per heavy atom. The zero-order chi connectivity index (χ0) is 25.5. The van der Waals surface area contributed by atoms with Crippen molar-refractivity contribution >= 4 is 35.7 Å². The summed E-state index contributed by atoms with van der Waals surface area (Å²) in [6.45, 7) is 1.29. The summed E-state index contributed by atoms with van der Waals surface area (Å²) in [5, 5.41) is 19.3. The van der Waals surface area contributed by atoms with Crippen molar-refractivity contribution in [1.29, 1.82) is 0 Å². The summed E-state index contributed by atoms with van der Waals surface area (Å²) in [6, 6.07) is 14.4. The molecular formula is C22H20N8O5S. The van der Waals surface area contributed by atoms with E-state index in [0.29, 0.717) is 22.8 Å². The molecule has 2 aromatic carbocycles. The number of nitrogens with one attached hydrogen (secondary N) is 1. The van der Waals surface area contributed by atoms with Gasteiger partial charge in [-0.1, -0.05) is 23.4 Å². The van der Waals surface area contributed by atoms with Crippen LogP contribution in [0.5, 0.6) is 11.5 Å². The van der Waals surface area contributed by atoms with Gasteiger partial charge in [-0.2, -0.15) is 9.78 Å². The summed E-state index contributed by atoms with van der Waals surface area (Å²) in [6.07, 6.45) is 1.40. The van der Waals surface area contributed by atoms with Crippen molar-refractivity contribution in [3.05, 3.63) is 65.5 Å². The van der Waals surface area contributed by atoms with E-state index in [2.05, 4.69) is 35.8 Å². The maximum absolute atomic E-state index is 12.9. The first kappa shape index (κ1) is 24.4. The molecule has 0 unspecified atom stereocenters. The molecule has 4 rings (SSSR count). The third kappa shape index (κ3) is 5.67. The number of thioether (sulfide) groups is 1. The number of nitrogens with zero attached hydrogens (tertiary/aromatic N) is 6. The molecule has 184 valence electrons. The number of ether oxygens (including phenoxy) is 2. The van der Waals surface area contributed by atoms with Gasteiger partial charge >= 0.3 is 5.97 Å². The number of amides is 1. The number of benzene rings is 2. The fourth-order valence-electron chi connectivity index (χ4n) is 3.01. The van der Waals surface area contributed by atoms with Crippen molar-refractivity contribution in [2.45, 2.75) is 17.6 Å². The Hall–Kier alpha value is -4.72. The van der Waals surface area contributed by atoms with Gasteiger partial charge in [-0.3, -0.25) is 9.59 Å². The molecule has 0 aliphatic rings. The van der Waals surface area contributed by atoms with Gasteiger partial charge in [0.25, 0.3) is 5.91 Å². The summed E-state index contributed by atoms with van der Waals surface area (Å²) in [5.41, 5.74) is 9.29. The second kappa shape index (κ2) is 11.1. The molecule has 0 radical (unpaired) electrons. The maximum atomic E-state index is 12.9. The molecule has 0 fully saturated rings. The number of esters is 1. The minimum Gasteiger partial charge on any atom is -0.493 e. The van der Waals surface area contributed by atoms with Crippen LogP contribution in [0.25, 0.3) is 5.82 Å². The Balaban J connectivity index is 1.53. The van der Waals surface area contributed by atoms with Gasteiger partial charge in [0.15, 0.2) is 17.2 Å². The Morgan fingerprint density at radius 2 is 2.00 bits per heavy atom. The van der Waals surface area contributed by atoms with E-state index in [0.717, 1.165) is 4.90 Å². The van der Waals surface area contributed by atoms with Crippen LogP contribution in [0.2, 0.25) is 0 Å². The lowest BCUT2D eigenvalue weighted by Crippen LogP contribution is -2.20. The van der Waals surface area contributed by atoms with Gasteiger partial charge in [0, 0.05) is 17.6 Å². The zero-order valence-corrected chi connectivity index (χ0v) is 19.9. The van der Waals surface area contributed by atoms with Gasteiger partial charge in [-0.25, -0.2) is 10.1 Å². The number of hydrogen-bond donors (Lipinski definition) is 2. The molecule has 0 aliphatic heterocycles. The maximum Gasteiger partial charge on any atom is 0.308 e. The number of nitrogens with two attached hydrogens (primary N) is 1. The van der Waals surface area contributed by atoms with Crippen molar-refractivity contribution in [3.63, 3.8) is 0 Å². The van der Waals surface area contributed by atoms with E-state index in [-0.39, 0.29) is 23.1 Å². The molecule has 4 aromatic rings. The first-order valence-electron chi connectivity index (χ1n) is 10.4. The molecule has 2 aromatic heterocycles. The quantitative estimate of drug-likeness (QED) is 0.112. The number of carbonyl (C=O) groups is 2. The van der Waals surface area contributed by atoms with E-state index in [1.165, 1.54) is 36.7 Å². The van der Waals surface area contributed by atoms with Crippen molar-refractivity contribution in [1.82, 2.24) is 30.7 Å². The fourth-order valence-corrected chi connectivity index (χ4v) is 3.92. The molecule has 1 amide bonds. The highest BCUT2D eigenvalue weighted by molar-refractivity contribution is 7.98. The lowest BCUT2D eigenvalue weighted by atomic mass is 10.2. The third-order valence-corrected chi connectivity index (χ3v) is 5.64. The minimum atomic E-state index is -0.598. The predicted molar refractivity (Wildman–Crippen MR) is 129 cm³/mol. The van der Waals surface area contributed by atoms with Crippen LogP contribution in [-0.2, 0) is 10.5 Å². The molecule has 13 nitrogen and oxygen atoms in total. The summed E-state index contributed by atoms with van der Waals surface area (Å²) in [7, 11) is 1.44. The first-order chi connectivity index (χ1) is 17.5. The molecule has 0 bridgehead atoms. The van der Waals surface area contributed by atoms with Crippen molar-refractivity contribution in [2.75, 3.05) is 12.8 Å². The lowest BCUT2D eigenvalue weighted by Gasteiger charge is -2.08. The number of rotatable bonds is 9. The van der Waals surface area contributed by atoms with E-state index in [4.69, 9.17) is 15.2 Å². The van der Waals surface area contributed by atoms with E-state index < -0.39 is 11.9 Å². The molecule has 0 saturated carbocycles. The van der Waals surface area contributed by atoms with Crippen LogP contribution in [-0.4, -0.2) is 50.5 Å². The van der Waals surface area contributed by atoms with E-state index >= 15 is 0 Å². The first-order valence-corrected chi connectivity index (χ1v) is 11.4. The van der Waals surface area contributed by atoms with Crippen LogP contribution < -0.4 is 20.6 Å². The minimum absolute atomic E-state index is 0.00184. The molecule has 0 aliphatic carbocycles. The van der Waals surface area contributed by atoms with Crippen molar-refractivity contribution < 1.29 is 23.7 Å². The fraction of sp³-hybridized carbons (Fsp3) is 0.136. The number of aromatic nitrogens is 5. The second-order valence-corrected chi connectivity index (χ2v) is 8.12. The second-order valence-electron chi connectivity index (χ2n) is 7.07. The Bertz CT molecular complexity index is 1400. The van der Waals surface area contributed by atoms with Gasteiger partial charge in [0.1, 0.15) is 0 Å². The smallest absolute Gasteiger partial charge is 0.308 e. The number of nitrogen functional groups attached to an aromatic ring is 1. The summed E-state index contributed by atoms with van der Waals surface area (Å²) >= 11 is 1.47. The highest BCUT2D eigenvalue weighted by Crippen LogP contribution is 2.28. The standard InChI is InChI=1S/C22H20N8O5S/c1-13(31)34-17-9-8-14(10-18(17)33-2)11-24-26-22(32)19-16(12-36-15-6-4-3-5-7-15)30(29-25-19)21-20(23)27-35-28-21/h3-11H,12H2,1-2H3,(H2,23,27)(H,26,32). The van der Waals surface area contributed by atoms with Crippen molar-refractivity contribution in [2.24, 2.45) is 5.10 Å². The zero-order valence-electron chi connectivity index (χ0n) is 19.1. The number of carbonyl (C=O) groups excluding carboxylic acids is 2. The Labute approximate surface area is 208 Å². The van der Waals surface area contributed by atoms with E-state index in [9.17, 15) is 9.59 Å². The van der Waals surface area contributed by atoms with Crippen LogP contribution >= 0.6 is 11.8 Å². The molecule has 2 heterocycles. The number of anilines is 1. The highest BCUT2D eigenvalue weighted by Gasteiger charge is 2.24. The van der Waals surface area contributed by atoms with Crippen LogP contribution in [0, 0.1) is 0 Å². The van der Waals surface area contributed by atoms with Crippen LogP contribution in [0.1, 0.15) is 28.7 Å². The third-order valence-electron chi connectivity index (χ3n) is 4.61. The van der Waals surface area contributed by atoms with Gasteiger partial charge in [0.05, 0.1) is 19.0 Å². The highest BCUT2D eigenvalue weighted by atomic mass is 32.2. The van der Waals surface area contributed by atoms with Gasteiger partial charge in [0.2, 0.25) is 11.6 Å². The largest absolute Gasteiger partial charge is 0.493 e. The van der Waals surface area contributed by atoms with Gasteiger partial charge in [-0.15, -0.1) is 16.9 Å². The Kier molecular flexibility index (Phi) is 7.55. The molecule has 14 heteroatoms. The summed E-state index contributed by atoms with van der Waals surface area (Å²) < 4.78 is 16.3. The van der Waals surface area contributed by atoms with Crippen LogP contribution in [0.4, 0.5) is 5.82 Å². The summed E-state index contributed by atoms with van der Waals surface area (Å²) in [4.78, 5) is 25.1. The van der Waals surface area contributed by atoms with E-state index in [1.54, 1.807) is 18.2 Å². The Morgan fingerprint density at radius 1 is 1.19 bits per heavy atom. The number of hydrogen-bond acceptors (Lipinski definition) is 12. The average molecular weight is 509 g/mol. The van der Waals surface area contributed by atoms with Crippen LogP contribution in [0.3, 0.4) is 0 Å². The molecular weight excluding hydrogens is 488 g/mol. The van der Waals surface area contributed by atoms with E-state index in [1.807, 2.05) is 30.3 Å². The lowest BCUT2D eigenvalue weighted by molar-refractivity contribution is -0.132. The van der Waals surface area contributed by atoms with Gasteiger partial charge in [-0.05, 0) is 46.2 Å². The van der Waals surface area contributed by atoms with Gasteiger partial charge < -0.3 is 15.2 Å².